The highest BCUT2D eigenvalue weighted by atomic mass is 35.5. The van der Waals surface area contributed by atoms with Gasteiger partial charge in [-0.1, -0.05) is 29.3 Å². The van der Waals surface area contributed by atoms with E-state index in [0.29, 0.717) is 21.6 Å². The molecule has 0 amide bonds. The Labute approximate surface area is 140 Å². The molecule has 0 saturated carbocycles. The monoisotopic (exact) mass is 339 g/mol. The minimum atomic E-state index is 0.475. The number of benzene rings is 1. The lowest BCUT2D eigenvalue weighted by Crippen LogP contribution is -2.16. The van der Waals surface area contributed by atoms with E-state index in [9.17, 15) is 0 Å². The molecular formula is C15H19Cl2N5. The lowest BCUT2D eigenvalue weighted by Gasteiger charge is -2.11. The molecule has 5 nitrogen and oxygen atoms in total. The van der Waals surface area contributed by atoms with Crippen LogP contribution in [0.15, 0.2) is 30.6 Å². The maximum Gasteiger partial charge on any atom is 0.135 e. The van der Waals surface area contributed by atoms with E-state index in [2.05, 4.69) is 39.6 Å². The summed E-state index contributed by atoms with van der Waals surface area (Å²) in [7, 11) is 4.11. The summed E-state index contributed by atoms with van der Waals surface area (Å²) in [6.07, 6.45) is 2.55. The van der Waals surface area contributed by atoms with Crippen LogP contribution in [0.2, 0.25) is 10.0 Å². The van der Waals surface area contributed by atoms with Crippen LogP contribution >= 0.6 is 23.2 Å². The molecule has 0 unspecified atom stereocenters. The highest BCUT2D eigenvalue weighted by Crippen LogP contribution is 2.31. The predicted octanol–water partition coefficient (Wildman–Crippen LogP) is 3.89. The highest BCUT2D eigenvalue weighted by Gasteiger charge is 2.06. The van der Waals surface area contributed by atoms with Crippen molar-refractivity contribution in [1.82, 2.24) is 14.9 Å². The first-order valence-corrected chi connectivity index (χ1v) is 7.73. The van der Waals surface area contributed by atoms with Crippen molar-refractivity contribution in [2.45, 2.75) is 6.42 Å². The molecule has 1 aromatic heterocycles. The van der Waals surface area contributed by atoms with Crippen LogP contribution in [-0.4, -0.2) is 42.1 Å². The third-order valence-corrected chi connectivity index (χ3v) is 3.79. The van der Waals surface area contributed by atoms with Crippen LogP contribution in [-0.2, 0) is 0 Å². The number of hydrogen-bond donors (Lipinski definition) is 2. The molecule has 0 aliphatic carbocycles. The number of aromatic nitrogens is 2. The zero-order valence-corrected chi connectivity index (χ0v) is 14.1. The van der Waals surface area contributed by atoms with Gasteiger partial charge >= 0.3 is 0 Å². The van der Waals surface area contributed by atoms with Crippen molar-refractivity contribution in [3.8, 4) is 0 Å². The number of nitrogens with one attached hydrogen (secondary N) is 2. The first-order valence-electron chi connectivity index (χ1n) is 6.98. The highest BCUT2D eigenvalue weighted by molar-refractivity contribution is 6.43. The number of halogens is 2. The molecule has 0 spiro atoms. The van der Waals surface area contributed by atoms with Crippen LogP contribution < -0.4 is 10.6 Å². The molecule has 0 radical (unpaired) electrons. The van der Waals surface area contributed by atoms with E-state index in [1.165, 1.54) is 6.33 Å². The lowest BCUT2D eigenvalue weighted by atomic mass is 10.3. The quantitative estimate of drug-likeness (QED) is 0.749. The van der Waals surface area contributed by atoms with Gasteiger partial charge in [0.2, 0.25) is 0 Å². The molecule has 0 aliphatic rings. The fourth-order valence-corrected chi connectivity index (χ4v) is 2.22. The zero-order valence-electron chi connectivity index (χ0n) is 12.6. The number of rotatable bonds is 7. The Morgan fingerprint density at radius 3 is 2.68 bits per heavy atom. The summed E-state index contributed by atoms with van der Waals surface area (Å²) >= 11 is 12.2. The van der Waals surface area contributed by atoms with Crippen LogP contribution in [0.5, 0.6) is 0 Å². The second-order valence-corrected chi connectivity index (χ2v) is 5.88. The first-order chi connectivity index (χ1) is 10.6. The maximum atomic E-state index is 6.16. The topological polar surface area (TPSA) is 53.1 Å². The van der Waals surface area contributed by atoms with Gasteiger partial charge in [-0.05, 0) is 39.2 Å². The van der Waals surface area contributed by atoms with Crippen LogP contribution in [0.3, 0.4) is 0 Å². The molecule has 0 saturated heterocycles. The van der Waals surface area contributed by atoms with Crippen molar-refractivity contribution in [1.29, 1.82) is 0 Å². The van der Waals surface area contributed by atoms with Gasteiger partial charge in [-0.3, -0.25) is 0 Å². The molecule has 2 aromatic rings. The van der Waals surface area contributed by atoms with Crippen molar-refractivity contribution in [3.63, 3.8) is 0 Å². The summed E-state index contributed by atoms with van der Waals surface area (Å²) in [6.45, 7) is 1.88. The van der Waals surface area contributed by atoms with Crippen LogP contribution in [0.25, 0.3) is 0 Å². The Morgan fingerprint density at radius 1 is 1.14 bits per heavy atom. The second-order valence-electron chi connectivity index (χ2n) is 5.10. The Hall–Kier alpha value is -1.56. The fraction of sp³-hybridized carbons (Fsp3) is 0.333. The van der Waals surface area contributed by atoms with Crippen molar-refractivity contribution >= 4 is 40.5 Å². The minimum absolute atomic E-state index is 0.475. The first kappa shape index (κ1) is 16.8. The Balaban J connectivity index is 1.98. The normalized spacial score (nSPS) is 10.8. The molecule has 2 N–H and O–H groups in total. The second kappa shape index (κ2) is 8.17. The molecule has 0 fully saturated rings. The summed E-state index contributed by atoms with van der Waals surface area (Å²) in [4.78, 5) is 10.5. The number of nitrogens with zero attached hydrogens (tertiary/aromatic N) is 3. The summed E-state index contributed by atoms with van der Waals surface area (Å²) in [5.41, 5.74) is 0.714. The van der Waals surface area contributed by atoms with Crippen molar-refractivity contribution in [2.75, 3.05) is 37.8 Å². The third kappa shape index (κ3) is 5.02. The van der Waals surface area contributed by atoms with Gasteiger partial charge in [-0.15, -0.1) is 0 Å². The molecule has 0 bridgehead atoms. The molecule has 7 heteroatoms. The molecule has 22 heavy (non-hydrogen) atoms. The largest absolute Gasteiger partial charge is 0.370 e. The lowest BCUT2D eigenvalue weighted by molar-refractivity contribution is 0.405. The van der Waals surface area contributed by atoms with E-state index >= 15 is 0 Å². The summed E-state index contributed by atoms with van der Waals surface area (Å²) < 4.78 is 0. The van der Waals surface area contributed by atoms with Crippen LogP contribution in [0.4, 0.5) is 17.3 Å². The van der Waals surface area contributed by atoms with Gasteiger partial charge in [-0.25, -0.2) is 9.97 Å². The third-order valence-electron chi connectivity index (χ3n) is 2.97. The molecule has 118 valence electrons. The van der Waals surface area contributed by atoms with Gasteiger partial charge < -0.3 is 15.5 Å². The van der Waals surface area contributed by atoms with Crippen molar-refractivity contribution in [3.05, 3.63) is 40.6 Å². The van der Waals surface area contributed by atoms with Gasteiger partial charge in [0.15, 0.2) is 0 Å². The van der Waals surface area contributed by atoms with Crippen LogP contribution in [0.1, 0.15) is 6.42 Å². The molecular weight excluding hydrogens is 321 g/mol. The van der Waals surface area contributed by atoms with Gasteiger partial charge in [0.1, 0.15) is 18.0 Å². The summed E-state index contributed by atoms with van der Waals surface area (Å²) in [5, 5.41) is 7.40. The predicted molar refractivity (Wildman–Crippen MR) is 93.4 cm³/mol. The van der Waals surface area contributed by atoms with E-state index in [1.807, 2.05) is 18.2 Å². The number of hydrogen-bond acceptors (Lipinski definition) is 5. The Morgan fingerprint density at radius 2 is 1.91 bits per heavy atom. The molecule has 0 atom stereocenters. The van der Waals surface area contributed by atoms with Gasteiger partial charge in [0, 0.05) is 12.6 Å². The van der Waals surface area contributed by atoms with E-state index < -0.39 is 0 Å². The fourth-order valence-electron chi connectivity index (χ4n) is 1.87. The van der Waals surface area contributed by atoms with Gasteiger partial charge in [-0.2, -0.15) is 0 Å². The van der Waals surface area contributed by atoms with Crippen molar-refractivity contribution < 1.29 is 0 Å². The summed E-state index contributed by atoms with van der Waals surface area (Å²) in [6, 6.07) is 7.26. The van der Waals surface area contributed by atoms with E-state index in [-0.39, 0.29) is 0 Å². The average molecular weight is 340 g/mol. The van der Waals surface area contributed by atoms with E-state index in [1.54, 1.807) is 6.07 Å². The van der Waals surface area contributed by atoms with Gasteiger partial charge in [0.25, 0.3) is 0 Å². The summed E-state index contributed by atoms with van der Waals surface area (Å²) in [5.74, 6) is 1.43. The van der Waals surface area contributed by atoms with E-state index in [4.69, 9.17) is 23.2 Å². The Bertz CT molecular complexity index is 619. The standard InChI is InChI=1S/C15H19Cl2N5/c1-22(2)8-4-7-18-13-9-14(20-10-19-13)21-12-6-3-5-11(16)15(12)17/h3,5-6,9-10H,4,7-8H2,1-2H3,(H2,18,19,20,21). The Kier molecular flexibility index (Phi) is 6.24. The molecule has 2 rings (SSSR count). The molecule has 0 aliphatic heterocycles. The van der Waals surface area contributed by atoms with Gasteiger partial charge in [0.05, 0.1) is 15.7 Å². The smallest absolute Gasteiger partial charge is 0.135 e. The zero-order chi connectivity index (χ0) is 15.9. The molecule has 1 aromatic carbocycles. The van der Waals surface area contributed by atoms with Crippen molar-refractivity contribution in [2.24, 2.45) is 0 Å². The maximum absolute atomic E-state index is 6.16. The SMILES string of the molecule is CN(C)CCCNc1cc(Nc2cccc(Cl)c2Cl)ncn1. The van der Waals surface area contributed by atoms with E-state index in [0.717, 1.165) is 25.3 Å². The average Bonchev–Trinajstić information content (AvgIpc) is 2.49. The minimum Gasteiger partial charge on any atom is -0.370 e. The van der Waals surface area contributed by atoms with Crippen LogP contribution in [0, 0.1) is 0 Å². The number of anilines is 3. The molecule has 1 heterocycles.